The van der Waals surface area contributed by atoms with Gasteiger partial charge >= 0.3 is 0 Å². The van der Waals surface area contributed by atoms with Crippen molar-refractivity contribution in [3.63, 3.8) is 0 Å². The van der Waals surface area contributed by atoms with E-state index in [0.717, 1.165) is 19.8 Å². The first-order valence-corrected chi connectivity index (χ1v) is 5.01. The molecule has 14 heavy (non-hydrogen) atoms. The zero-order valence-electron chi connectivity index (χ0n) is 9.66. The quantitative estimate of drug-likeness (QED) is 0.700. The van der Waals surface area contributed by atoms with Crippen molar-refractivity contribution >= 4 is 5.97 Å². The van der Waals surface area contributed by atoms with Crippen LogP contribution < -0.4 is 0 Å². The van der Waals surface area contributed by atoms with Gasteiger partial charge in [-0.25, -0.2) is 0 Å². The van der Waals surface area contributed by atoms with Crippen molar-refractivity contribution in [1.29, 1.82) is 0 Å². The molecule has 0 aromatic rings. The van der Waals surface area contributed by atoms with E-state index in [9.17, 15) is 0 Å². The summed E-state index contributed by atoms with van der Waals surface area (Å²) in [5.41, 5.74) is 0. The van der Waals surface area contributed by atoms with Crippen molar-refractivity contribution < 1.29 is 9.90 Å². The summed E-state index contributed by atoms with van der Waals surface area (Å²) < 4.78 is 0. The molecule has 0 heterocycles. The third kappa shape index (κ3) is 30.6. The first-order valence-electron chi connectivity index (χ1n) is 5.01. The predicted octanol–water partition coefficient (Wildman–Crippen LogP) is 3.65. The lowest BCUT2D eigenvalue weighted by Gasteiger charge is -1.90. The smallest absolute Gasteiger partial charge is 0.300 e. The second-order valence-electron chi connectivity index (χ2n) is 3.31. The number of allylic oxidation sites excluding steroid dienone is 4. The van der Waals surface area contributed by atoms with Crippen LogP contribution in [-0.4, -0.2) is 11.1 Å². The van der Waals surface area contributed by atoms with Crippen LogP contribution in [0.2, 0.25) is 0 Å². The second kappa shape index (κ2) is 11.9. The Kier molecular flexibility index (Phi) is 13.2. The first-order chi connectivity index (χ1) is 6.50. The molecule has 2 nitrogen and oxygen atoms in total. The van der Waals surface area contributed by atoms with Gasteiger partial charge in [-0.15, -0.1) is 0 Å². The summed E-state index contributed by atoms with van der Waals surface area (Å²) in [6, 6.07) is 0. The highest BCUT2D eigenvalue weighted by atomic mass is 16.4. The molecule has 0 unspecified atom stereocenters. The number of aliphatic carboxylic acids is 1. The van der Waals surface area contributed by atoms with Gasteiger partial charge in [-0.1, -0.05) is 45.1 Å². The van der Waals surface area contributed by atoms with E-state index >= 15 is 0 Å². The number of carbonyl (C=O) groups is 1. The molecule has 1 N–H and O–H groups in total. The molecule has 0 fully saturated rings. The molecule has 0 rings (SSSR count). The van der Waals surface area contributed by atoms with Crippen molar-refractivity contribution in [2.75, 3.05) is 0 Å². The van der Waals surface area contributed by atoms with Gasteiger partial charge in [0, 0.05) is 6.92 Å². The van der Waals surface area contributed by atoms with Crippen molar-refractivity contribution in [1.82, 2.24) is 0 Å². The first kappa shape index (κ1) is 15.4. The van der Waals surface area contributed by atoms with E-state index in [1.165, 1.54) is 0 Å². The van der Waals surface area contributed by atoms with Gasteiger partial charge in [-0.2, -0.15) is 0 Å². The average Bonchev–Trinajstić information content (AvgIpc) is 2.02. The normalized spacial score (nSPS) is 10.6. The van der Waals surface area contributed by atoms with Crippen molar-refractivity contribution in [2.45, 2.75) is 40.5 Å². The molecule has 0 saturated heterocycles. The highest BCUT2D eigenvalue weighted by molar-refractivity contribution is 5.62. The molecule has 2 heteroatoms. The van der Waals surface area contributed by atoms with Crippen LogP contribution in [0.5, 0.6) is 0 Å². The Morgan fingerprint density at radius 3 is 2.14 bits per heavy atom. The molecule has 82 valence electrons. The number of hydrogen-bond acceptors (Lipinski definition) is 1. The Labute approximate surface area is 87.3 Å². The Balaban J connectivity index is 0. The Bertz CT molecular complexity index is 175. The van der Waals surface area contributed by atoms with Crippen LogP contribution in [0.25, 0.3) is 0 Å². The lowest BCUT2D eigenvalue weighted by Crippen LogP contribution is -1.78. The largest absolute Gasteiger partial charge is 0.481 e. The Hall–Kier alpha value is -1.05. The van der Waals surface area contributed by atoms with Gasteiger partial charge in [0.15, 0.2) is 0 Å². The molecule has 0 saturated carbocycles. The molecular formula is C12H22O2. The number of rotatable bonds is 4. The van der Waals surface area contributed by atoms with Crippen LogP contribution in [0.3, 0.4) is 0 Å². The van der Waals surface area contributed by atoms with Crippen LogP contribution >= 0.6 is 0 Å². The average molecular weight is 198 g/mol. The van der Waals surface area contributed by atoms with Gasteiger partial charge in [0.1, 0.15) is 0 Å². The zero-order valence-corrected chi connectivity index (χ0v) is 9.66. The lowest BCUT2D eigenvalue weighted by atomic mass is 10.2. The fourth-order valence-electron chi connectivity index (χ4n) is 0.692. The molecular weight excluding hydrogens is 176 g/mol. The maximum absolute atomic E-state index is 9.00. The van der Waals surface area contributed by atoms with E-state index in [-0.39, 0.29) is 0 Å². The summed E-state index contributed by atoms with van der Waals surface area (Å²) in [5.74, 6) is -0.143. The molecule has 0 amide bonds. The van der Waals surface area contributed by atoms with Crippen molar-refractivity contribution in [2.24, 2.45) is 5.92 Å². The van der Waals surface area contributed by atoms with Crippen LogP contribution in [0.1, 0.15) is 40.5 Å². The molecule has 0 radical (unpaired) electrons. The molecule has 0 aliphatic rings. The SMILES string of the molecule is CC(=O)O.CCC=CCC=CC(C)C. The maximum atomic E-state index is 9.00. The van der Waals surface area contributed by atoms with Gasteiger partial charge in [0.05, 0.1) is 0 Å². The summed E-state index contributed by atoms with van der Waals surface area (Å²) in [7, 11) is 0. The predicted molar refractivity (Wildman–Crippen MR) is 61.3 cm³/mol. The molecule has 0 aliphatic heterocycles. The zero-order chi connectivity index (χ0) is 11.4. The topological polar surface area (TPSA) is 37.3 Å². The molecule has 0 aliphatic carbocycles. The second-order valence-corrected chi connectivity index (χ2v) is 3.31. The minimum absolute atomic E-state index is 0.690. The highest BCUT2D eigenvalue weighted by Gasteiger charge is 1.79. The van der Waals surface area contributed by atoms with E-state index in [1.807, 2.05) is 0 Å². The summed E-state index contributed by atoms with van der Waals surface area (Å²) in [6.07, 6.45) is 11.1. The van der Waals surface area contributed by atoms with Gasteiger partial charge < -0.3 is 5.11 Å². The summed E-state index contributed by atoms with van der Waals surface area (Å²) in [4.78, 5) is 9.00. The number of carboxylic acids is 1. The van der Waals surface area contributed by atoms with Crippen LogP contribution in [-0.2, 0) is 4.79 Å². The number of hydrogen-bond donors (Lipinski definition) is 1. The van der Waals surface area contributed by atoms with E-state index < -0.39 is 5.97 Å². The maximum Gasteiger partial charge on any atom is 0.300 e. The molecule has 0 bridgehead atoms. The fraction of sp³-hybridized carbons (Fsp3) is 0.583. The van der Waals surface area contributed by atoms with E-state index in [4.69, 9.17) is 9.90 Å². The monoisotopic (exact) mass is 198 g/mol. The van der Waals surface area contributed by atoms with E-state index in [2.05, 4.69) is 45.1 Å². The van der Waals surface area contributed by atoms with Gasteiger partial charge in [-0.05, 0) is 18.8 Å². The number of carboxylic acid groups (broad SMARTS) is 1. The molecule has 0 atom stereocenters. The Morgan fingerprint density at radius 2 is 1.79 bits per heavy atom. The van der Waals surface area contributed by atoms with E-state index in [0.29, 0.717) is 5.92 Å². The standard InChI is InChI=1S/C10H18.C2H4O2/c1-4-5-6-7-8-9-10(2)3;1-2(3)4/h5-6,8-10H,4,7H2,1-3H3;1H3,(H,3,4). The van der Waals surface area contributed by atoms with Crippen molar-refractivity contribution in [3.05, 3.63) is 24.3 Å². The van der Waals surface area contributed by atoms with Gasteiger partial charge in [-0.3, -0.25) is 4.79 Å². The van der Waals surface area contributed by atoms with Gasteiger partial charge in [0.25, 0.3) is 5.97 Å². The third-order valence-electron chi connectivity index (χ3n) is 1.20. The minimum Gasteiger partial charge on any atom is -0.481 e. The fourth-order valence-corrected chi connectivity index (χ4v) is 0.692. The lowest BCUT2D eigenvalue weighted by molar-refractivity contribution is -0.134. The van der Waals surface area contributed by atoms with Gasteiger partial charge in [0.2, 0.25) is 0 Å². The van der Waals surface area contributed by atoms with Crippen molar-refractivity contribution in [3.8, 4) is 0 Å². The summed E-state index contributed by atoms with van der Waals surface area (Å²) in [6.45, 7) is 7.63. The summed E-state index contributed by atoms with van der Waals surface area (Å²) in [5, 5.41) is 7.42. The minimum atomic E-state index is -0.833. The van der Waals surface area contributed by atoms with Crippen LogP contribution in [0, 0.1) is 5.92 Å². The summed E-state index contributed by atoms with van der Waals surface area (Å²) >= 11 is 0. The Morgan fingerprint density at radius 1 is 1.29 bits per heavy atom. The molecule has 0 spiro atoms. The van der Waals surface area contributed by atoms with Crippen LogP contribution in [0.4, 0.5) is 0 Å². The molecule has 0 aromatic heterocycles. The third-order valence-corrected chi connectivity index (χ3v) is 1.20. The highest BCUT2D eigenvalue weighted by Crippen LogP contribution is 1.96. The van der Waals surface area contributed by atoms with Crippen LogP contribution in [0.15, 0.2) is 24.3 Å². The van der Waals surface area contributed by atoms with E-state index in [1.54, 1.807) is 0 Å². The molecule has 0 aromatic carbocycles.